The smallest absolute Gasteiger partial charge is 0.210 e. The minimum atomic E-state index is -3.80. The van der Waals surface area contributed by atoms with Gasteiger partial charge in [0, 0.05) is 11.0 Å². The number of sulfonamides is 1. The Kier molecular flexibility index (Phi) is 4.64. The molecule has 0 saturated carbocycles. The van der Waals surface area contributed by atoms with Crippen LogP contribution in [-0.2, 0) is 10.0 Å². The van der Waals surface area contributed by atoms with Gasteiger partial charge in [-0.3, -0.25) is 0 Å². The minimum Gasteiger partial charge on any atom is -0.210 e. The van der Waals surface area contributed by atoms with Gasteiger partial charge in [0.1, 0.15) is 22.3 Å². The van der Waals surface area contributed by atoms with E-state index in [0.717, 1.165) is 6.07 Å². The zero-order valence-corrected chi connectivity index (χ0v) is 11.0. The molecule has 0 spiro atoms. The Hall–Kier alpha value is -0.720. The summed E-state index contributed by atoms with van der Waals surface area (Å²) in [4.78, 5) is -0.320. The van der Waals surface area contributed by atoms with Crippen molar-refractivity contribution in [2.45, 2.75) is 4.90 Å². The standard InChI is InChI=1S/C9H8FIN2O2S/c10-8-2-1-3-9(7(8)6-12)16(14,15)13-5-4-11/h1-3,13H,4-5H2. The van der Waals surface area contributed by atoms with Crippen molar-refractivity contribution in [2.24, 2.45) is 0 Å². The summed E-state index contributed by atoms with van der Waals surface area (Å²) in [6.07, 6.45) is 0. The molecular formula is C9H8FIN2O2S. The Morgan fingerprint density at radius 3 is 2.75 bits per heavy atom. The quantitative estimate of drug-likeness (QED) is 0.657. The molecule has 4 nitrogen and oxygen atoms in total. The molecule has 16 heavy (non-hydrogen) atoms. The second-order valence-corrected chi connectivity index (χ2v) is 5.63. The second-order valence-electron chi connectivity index (χ2n) is 2.81. The third-order valence-electron chi connectivity index (χ3n) is 1.76. The number of halogens is 2. The largest absolute Gasteiger partial charge is 0.242 e. The maximum Gasteiger partial charge on any atom is 0.242 e. The first kappa shape index (κ1) is 13.3. The van der Waals surface area contributed by atoms with Crippen molar-refractivity contribution < 1.29 is 12.8 Å². The number of hydrogen-bond donors (Lipinski definition) is 1. The van der Waals surface area contributed by atoms with Gasteiger partial charge in [0.2, 0.25) is 10.0 Å². The van der Waals surface area contributed by atoms with Gasteiger partial charge < -0.3 is 0 Å². The van der Waals surface area contributed by atoms with Gasteiger partial charge in [0.05, 0.1) is 0 Å². The molecule has 1 N–H and O–H groups in total. The average Bonchev–Trinajstić information content (AvgIpc) is 2.26. The van der Waals surface area contributed by atoms with Crippen molar-refractivity contribution in [1.29, 1.82) is 5.26 Å². The van der Waals surface area contributed by atoms with Gasteiger partial charge in [-0.15, -0.1) is 0 Å². The van der Waals surface area contributed by atoms with Crippen LogP contribution in [-0.4, -0.2) is 19.4 Å². The predicted octanol–water partition coefficient (Wildman–Crippen LogP) is 1.41. The number of rotatable bonds is 4. The molecule has 0 unspecified atom stereocenters. The van der Waals surface area contributed by atoms with Crippen LogP contribution in [0.4, 0.5) is 4.39 Å². The molecule has 0 aliphatic heterocycles. The lowest BCUT2D eigenvalue weighted by Crippen LogP contribution is -2.26. The normalized spacial score (nSPS) is 11.1. The molecule has 0 bridgehead atoms. The van der Waals surface area contributed by atoms with Gasteiger partial charge in [-0.25, -0.2) is 17.5 Å². The van der Waals surface area contributed by atoms with Gasteiger partial charge in [0.25, 0.3) is 0 Å². The van der Waals surface area contributed by atoms with E-state index >= 15 is 0 Å². The Labute approximate surface area is 107 Å². The highest BCUT2D eigenvalue weighted by Crippen LogP contribution is 2.17. The van der Waals surface area contributed by atoms with Crippen LogP contribution < -0.4 is 4.72 Å². The number of benzene rings is 1. The first-order chi connectivity index (χ1) is 7.53. The molecule has 0 aromatic heterocycles. The van der Waals surface area contributed by atoms with E-state index in [-0.39, 0.29) is 11.4 Å². The summed E-state index contributed by atoms with van der Waals surface area (Å²) in [6.45, 7) is 0.240. The molecule has 1 aromatic rings. The monoisotopic (exact) mass is 354 g/mol. The van der Waals surface area contributed by atoms with E-state index in [1.807, 2.05) is 22.6 Å². The van der Waals surface area contributed by atoms with Crippen LogP contribution in [0.1, 0.15) is 5.56 Å². The molecule has 0 aliphatic carbocycles. The maximum atomic E-state index is 13.2. The number of nitrogens with zero attached hydrogens (tertiary/aromatic N) is 1. The lowest BCUT2D eigenvalue weighted by molar-refractivity contribution is 0.579. The highest BCUT2D eigenvalue weighted by Gasteiger charge is 2.20. The van der Waals surface area contributed by atoms with Gasteiger partial charge in [-0.1, -0.05) is 28.7 Å². The topological polar surface area (TPSA) is 70.0 Å². The van der Waals surface area contributed by atoms with Crippen molar-refractivity contribution in [2.75, 3.05) is 11.0 Å². The van der Waals surface area contributed by atoms with Gasteiger partial charge in [-0.05, 0) is 12.1 Å². The molecule has 86 valence electrons. The Bertz CT molecular complexity index is 525. The highest BCUT2D eigenvalue weighted by molar-refractivity contribution is 14.1. The minimum absolute atomic E-state index is 0.240. The molecule has 0 aliphatic rings. The number of hydrogen-bond acceptors (Lipinski definition) is 3. The number of nitriles is 1. The first-order valence-electron chi connectivity index (χ1n) is 4.27. The molecule has 1 aromatic carbocycles. The molecule has 0 fully saturated rings. The van der Waals surface area contributed by atoms with E-state index in [1.165, 1.54) is 12.1 Å². The van der Waals surface area contributed by atoms with Crippen LogP contribution in [0.15, 0.2) is 23.1 Å². The highest BCUT2D eigenvalue weighted by atomic mass is 127. The summed E-state index contributed by atoms with van der Waals surface area (Å²) in [5.74, 6) is -0.833. The third-order valence-corrected chi connectivity index (χ3v) is 3.81. The summed E-state index contributed by atoms with van der Waals surface area (Å²) in [6, 6.07) is 5.07. The predicted molar refractivity (Wildman–Crippen MR) is 65.2 cm³/mol. The Morgan fingerprint density at radius 1 is 1.50 bits per heavy atom. The summed E-state index contributed by atoms with van der Waals surface area (Å²) in [5, 5.41) is 8.70. The SMILES string of the molecule is N#Cc1c(F)cccc1S(=O)(=O)NCCI. The summed E-state index contributed by atoms with van der Waals surface area (Å²) >= 11 is 2.01. The lowest BCUT2D eigenvalue weighted by Gasteiger charge is -2.06. The zero-order chi connectivity index (χ0) is 12.2. The Balaban J connectivity index is 3.24. The summed E-state index contributed by atoms with van der Waals surface area (Å²) in [5.41, 5.74) is -0.455. The van der Waals surface area contributed by atoms with Gasteiger partial charge in [0.15, 0.2) is 0 Å². The van der Waals surface area contributed by atoms with Crippen molar-refractivity contribution in [3.05, 3.63) is 29.6 Å². The van der Waals surface area contributed by atoms with Crippen molar-refractivity contribution in [1.82, 2.24) is 4.72 Å². The van der Waals surface area contributed by atoms with E-state index in [0.29, 0.717) is 4.43 Å². The molecule has 0 heterocycles. The van der Waals surface area contributed by atoms with E-state index in [2.05, 4.69) is 4.72 Å². The first-order valence-corrected chi connectivity index (χ1v) is 7.28. The maximum absolute atomic E-state index is 13.2. The van der Waals surface area contributed by atoms with Crippen molar-refractivity contribution >= 4 is 32.6 Å². The zero-order valence-electron chi connectivity index (χ0n) is 8.07. The molecule has 0 radical (unpaired) electrons. The number of alkyl halides is 1. The van der Waals surface area contributed by atoms with E-state index in [9.17, 15) is 12.8 Å². The second kappa shape index (κ2) is 5.56. The van der Waals surface area contributed by atoms with E-state index in [1.54, 1.807) is 6.07 Å². The fourth-order valence-electron chi connectivity index (χ4n) is 1.09. The third kappa shape index (κ3) is 2.90. The van der Waals surface area contributed by atoms with E-state index < -0.39 is 21.4 Å². The fraction of sp³-hybridized carbons (Fsp3) is 0.222. The van der Waals surface area contributed by atoms with Crippen LogP contribution >= 0.6 is 22.6 Å². The lowest BCUT2D eigenvalue weighted by atomic mass is 10.2. The van der Waals surface area contributed by atoms with Crippen LogP contribution in [0.25, 0.3) is 0 Å². The number of nitrogens with one attached hydrogen (secondary N) is 1. The summed E-state index contributed by atoms with van der Waals surface area (Å²) in [7, 11) is -3.80. The van der Waals surface area contributed by atoms with Crippen LogP contribution in [0.2, 0.25) is 0 Å². The van der Waals surface area contributed by atoms with Crippen LogP contribution in [0.5, 0.6) is 0 Å². The molecule has 0 saturated heterocycles. The molecule has 0 atom stereocenters. The molecule has 1 rings (SSSR count). The molecular weight excluding hydrogens is 346 g/mol. The van der Waals surface area contributed by atoms with Gasteiger partial charge in [-0.2, -0.15) is 5.26 Å². The van der Waals surface area contributed by atoms with Crippen LogP contribution in [0.3, 0.4) is 0 Å². The van der Waals surface area contributed by atoms with Crippen molar-refractivity contribution in [3.8, 4) is 6.07 Å². The van der Waals surface area contributed by atoms with Crippen LogP contribution in [0, 0.1) is 17.1 Å². The average molecular weight is 354 g/mol. The summed E-state index contributed by atoms with van der Waals surface area (Å²) < 4.78 is 39.4. The molecule has 7 heteroatoms. The Morgan fingerprint density at radius 2 is 2.19 bits per heavy atom. The van der Waals surface area contributed by atoms with Gasteiger partial charge >= 0.3 is 0 Å². The van der Waals surface area contributed by atoms with Crippen molar-refractivity contribution in [3.63, 3.8) is 0 Å². The van der Waals surface area contributed by atoms with E-state index in [4.69, 9.17) is 5.26 Å². The fourth-order valence-corrected chi connectivity index (χ4v) is 2.92. The molecule has 0 amide bonds.